The Morgan fingerprint density at radius 3 is 2.28 bits per heavy atom. The van der Waals surface area contributed by atoms with Crippen LogP contribution in [0, 0.1) is 0 Å². The minimum Gasteiger partial charge on any atom is -0.361 e. The molecule has 0 aliphatic rings. The van der Waals surface area contributed by atoms with Crippen LogP contribution in [-0.4, -0.2) is 29.9 Å². The van der Waals surface area contributed by atoms with Gasteiger partial charge in [0.2, 0.25) is 0 Å². The first-order valence-corrected chi connectivity index (χ1v) is 9.07. The number of fused-ring (bicyclic) bond motifs is 2. The highest BCUT2D eigenvalue weighted by Gasteiger charge is 2.06. The molecule has 0 aliphatic heterocycles. The van der Waals surface area contributed by atoms with Crippen molar-refractivity contribution in [3.63, 3.8) is 0 Å². The molecule has 0 saturated heterocycles. The molecule has 3 aromatic carbocycles. The van der Waals surface area contributed by atoms with E-state index in [1.807, 2.05) is 13.3 Å². The first kappa shape index (κ1) is 17.4. The lowest BCUT2D eigenvalue weighted by Crippen LogP contribution is -2.34. The summed E-state index contributed by atoms with van der Waals surface area (Å²) < 4.78 is 0. The summed E-state index contributed by atoms with van der Waals surface area (Å²) in [7, 11) is 1.88. The van der Waals surface area contributed by atoms with Crippen molar-refractivity contribution in [1.29, 1.82) is 0 Å². The van der Waals surface area contributed by atoms with E-state index in [0.29, 0.717) is 5.11 Å². The smallest absolute Gasteiger partial charge is 0.189 e. The van der Waals surface area contributed by atoms with Gasteiger partial charge in [-0.15, -0.1) is 0 Å². The molecule has 3 aromatic rings. The summed E-state index contributed by atoms with van der Waals surface area (Å²) in [5, 5.41) is 15.0. The molecule has 0 saturated carbocycles. The number of nitrogens with one attached hydrogen (secondary N) is 1. The number of thiocarbonyl (C=S) groups is 1. The Morgan fingerprint density at radius 1 is 1.08 bits per heavy atom. The monoisotopic (exact) mass is 349 g/mol. The number of hydrogen-bond donors (Lipinski definition) is 1. The standard InChI is InChI=1S/C21H23N3S/c1-3-4-13-22-21(25)24(2)23-15-20-18-11-7-5-9-16(18)14-17-10-6-8-12-19(17)20/h5-12,14-15H,3-4,13H2,1-2H3,(H,22,25)/b23-15-. The topological polar surface area (TPSA) is 27.6 Å². The van der Waals surface area contributed by atoms with Crippen molar-refractivity contribution in [1.82, 2.24) is 10.3 Å². The van der Waals surface area contributed by atoms with E-state index >= 15 is 0 Å². The molecule has 0 fully saturated rings. The van der Waals surface area contributed by atoms with E-state index in [2.05, 4.69) is 71.9 Å². The minimum atomic E-state index is 0.647. The van der Waals surface area contributed by atoms with Crippen LogP contribution in [0.1, 0.15) is 25.3 Å². The predicted molar refractivity (Wildman–Crippen MR) is 112 cm³/mol. The molecule has 128 valence electrons. The van der Waals surface area contributed by atoms with E-state index < -0.39 is 0 Å². The summed E-state index contributed by atoms with van der Waals surface area (Å²) in [6.45, 7) is 3.05. The maximum atomic E-state index is 5.40. The summed E-state index contributed by atoms with van der Waals surface area (Å²) in [5.74, 6) is 0. The Hall–Kier alpha value is -2.46. The van der Waals surface area contributed by atoms with Gasteiger partial charge in [-0.2, -0.15) is 5.10 Å². The van der Waals surface area contributed by atoms with Gasteiger partial charge >= 0.3 is 0 Å². The highest BCUT2D eigenvalue weighted by molar-refractivity contribution is 7.80. The molecule has 0 heterocycles. The normalized spacial score (nSPS) is 11.3. The van der Waals surface area contributed by atoms with Gasteiger partial charge in [-0.05, 0) is 46.2 Å². The fraction of sp³-hybridized carbons (Fsp3) is 0.238. The van der Waals surface area contributed by atoms with Crippen molar-refractivity contribution >= 4 is 45.1 Å². The van der Waals surface area contributed by atoms with Crippen LogP contribution in [0.15, 0.2) is 59.7 Å². The highest BCUT2D eigenvalue weighted by atomic mass is 32.1. The van der Waals surface area contributed by atoms with Gasteiger partial charge in [0, 0.05) is 19.2 Å². The van der Waals surface area contributed by atoms with Crippen LogP contribution in [0.4, 0.5) is 0 Å². The second-order valence-corrected chi connectivity index (χ2v) is 6.47. The van der Waals surface area contributed by atoms with Crippen LogP contribution in [0.3, 0.4) is 0 Å². The number of unbranched alkanes of at least 4 members (excludes halogenated alkanes) is 1. The largest absolute Gasteiger partial charge is 0.361 e. The Labute approximate surface area is 154 Å². The van der Waals surface area contributed by atoms with Gasteiger partial charge < -0.3 is 5.32 Å². The Bertz CT molecular complexity index is 863. The van der Waals surface area contributed by atoms with Gasteiger partial charge in [-0.25, -0.2) is 5.01 Å². The molecule has 0 amide bonds. The fourth-order valence-electron chi connectivity index (χ4n) is 2.87. The molecule has 0 radical (unpaired) electrons. The Kier molecular flexibility index (Phi) is 5.61. The third kappa shape index (κ3) is 3.97. The van der Waals surface area contributed by atoms with E-state index in [1.165, 1.54) is 21.5 Å². The molecule has 0 aromatic heterocycles. The zero-order chi connectivity index (χ0) is 17.6. The van der Waals surface area contributed by atoms with Crippen LogP contribution < -0.4 is 5.32 Å². The summed E-state index contributed by atoms with van der Waals surface area (Å²) in [5.41, 5.74) is 1.12. The molecule has 0 atom stereocenters. The quantitative estimate of drug-likeness (QED) is 0.233. The maximum absolute atomic E-state index is 5.40. The van der Waals surface area contributed by atoms with E-state index in [9.17, 15) is 0 Å². The summed E-state index contributed by atoms with van der Waals surface area (Å²) in [6, 6.07) is 19.0. The van der Waals surface area contributed by atoms with Crippen molar-refractivity contribution in [2.24, 2.45) is 5.10 Å². The van der Waals surface area contributed by atoms with Crippen molar-refractivity contribution in [3.05, 3.63) is 60.2 Å². The second kappa shape index (κ2) is 8.08. The predicted octanol–water partition coefficient (Wildman–Crippen LogP) is 4.93. The van der Waals surface area contributed by atoms with Crippen LogP contribution >= 0.6 is 12.2 Å². The van der Waals surface area contributed by atoms with Crippen LogP contribution in [0.25, 0.3) is 21.5 Å². The summed E-state index contributed by atoms with van der Waals surface area (Å²) in [4.78, 5) is 0. The Morgan fingerprint density at radius 2 is 1.68 bits per heavy atom. The van der Waals surface area contributed by atoms with Crippen molar-refractivity contribution in [3.8, 4) is 0 Å². The first-order valence-electron chi connectivity index (χ1n) is 8.66. The second-order valence-electron chi connectivity index (χ2n) is 6.09. The zero-order valence-corrected chi connectivity index (χ0v) is 15.5. The molecule has 25 heavy (non-hydrogen) atoms. The van der Waals surface area contributed by atoms with E-state index in [1.54, 1.807) is 5.01 Å². The minimum absolute atomic E-state index is 0.647. The lowest BCUT2D eigenvalue weighted by atomic mass is 9.97. The molecule has 0 spiro atoms. The molecular weight excluding hydrogens is 326 g/mol. The van der Waals surface area contributed by atoms with E-state index in [-0.39, 0.29) is 0 Å². The number of benzene rings is 3. The van der Waals surface area contributed by atoms with Crippen LogP contribution in [0.2, 0.25) is 0 Å². The van der Waals surface area contributed by atoms with Gasteiger partial charge in [0.05, 0.1) is 6.21 Å². The van der Waals surface area contributed by atoms with Gasteiger partial charge in [-0.3, -0.25) is 0 Å². The van der Waals surface area contributed by atoms with Gasteiger partial charge in [0.15, 0.2) is 5.11 Å². The summed E-state index contributed by atoms with van der Waals surface area (Å²) >= 11 is 5.40. The number of rotatable bonds is 5. The number of hydrazone groups is 1. The molecular formula is C21H23N3S. The molecule has 3 rings (SSSR count). The van der Waals surface area contributed by atoms with Crippen molar-refractivity contribution in [2.45, 2.75) is 19.8 Å². The molecule has 3 nitrogen and oxygen atoms in total. The summed E-state index contributed by atoms with van der Waals surface area (Å²) in [6.07, 6.45) is 4.16. The number of hydrogen-bond acceptors (Lipinski definition) is 2. The third-order valence-corrected chi connectivity index (χ3v) is 4.68. The van der Waals surface area contributed by atoms with Crippen molar-refractivity contribution < 1.29 is 0 Å². The average molecular weight is 350 g/mol. The van der Waals surface area contributed by atoms with E-state index in [4.69, 9.17) is 12.2 Å². The molecule has 4 heteroatoms. The van der Waals surface area contributed by atoms with Crippen LogP contribution in [0.5, 0.6) is 0 Å². The van der Waals surface area contributed by atoms with Crippen molar-refractivity contribution in [2.75, 3.05) is 13.6 Å². The molecule has 0 aliphatic carbocycles. The Balaban J connectivity index is 1.95. The fourth-order valence-corrected chi connectivity index (χ4v) is 3.02. The van der Waals surface area contributed by atoms with Crippen LogP contribution in [-0.2, 0) is 0 Å². The lowest BCUT2D eigenvalue weighted by molar-refractivity contribution is 0.530. The number of nitrogens with zero attached hydrogens (tertiary/aromatic N) is 2. The highest BCUT2D eigenvalue weighted by Crippen LogP contribution is 2.27. The average Bonchev–Trinajstić information content (AvgIpc) is 2.65. The molecule has 0 bridgehead atoms. The SMILES string of the molecule is CCCCNC(=S)N(C)/N=C\c1c2ccccc2cc2ccccc12. The lowest BCUT2D eigenvalue weighted by Gasteiger charge is -2.16. The van der Waals surface area contributed by atoms with Gasteiger partial charge in [-0.1, -0.05) is 61.9 Å². The molecule has 0 unspecified atom stereocenters. The molecule has 1 N–H and O–H groups in total. The zero-order valence-electron chi connectivity index (χ0n) is 14.7. The van der Waals surface area contributed by atoms with Gasteiger partial charge in [0.25, 0.3) is 0 Å². The maximum Gasteiger partial charge on any atom is 0.189 e. The third-order valence-electron chi connectivity index (χ3n) is 4.27. The van der Waals surface area contributed by atoms with E-state index in [0.717, 1.165) is 24.9 Å². The van der Waals surface area contributed by atoms with Gasteiger partial charge in [0.1, 0.15) is 0 Å². The first-order chi connectivity index (χ1) is 12.2.